The summed E-state index contributed by atoms with van der Waals surface area (Å²) in [6, 6.07) is 0. The Bertz CT molecular complexity index is 391. The molecular formula is C14H20O5. The Balaban J connectivity index is 1.86. The van der Waals surface area contributed by atoms with Crippen molar-refractivity contribution >= 4 is 11.9 Å². The van der Waals surface area contributed by atoms with Crippen LogP contribution in [0.4, 0.5) is 0 Å². The minimum atomic E-state index is -1.02. The van der Waals surface area contributed by atoms with Crippen molar-refractivity contribution in [2.75, 3.05) is 0 Å². The van der Waals surface area contributed by atoms with Crippen LogP contribution in [0.1, 0.15) is 52.4 Å². The lowest BCUT2D eigenvalue weighted by molar-refractivity contribution is -0.206. The fraction of sp³-hybridized carbons (Fsp3) is 0.714. The highest BCUT2D eigenvalue weighted by Gasteiger charge is 2.31. The van der Waals surface area contributed by atoms with E-state index >= 15 is 0 Å². The number of carbonyl (C=O) groups excluding carboxylic acids is 2. The molecule has 106 valence electrons. The summed E-state index contributed by atoms with van der Waals surface area (Å²) in [5.74, 6) is -1.55. The standard InChI is InChI=1S/C14H20O5/c1-14(2)18-11(9-13(16)19-14)8-12(15)17-10-6-4-3-5-7-10/h9-10H,3-8H2,1-2H3. The Morgan fingerprint density at radius 1 is 1.32 bits per heavy atom. The zero-order valence-corrected chi connectivity index (χ0v) is 11.4. The van der Waals surface area contributed by atoms with Crippen molar-refractivity contribution in [2.24, 2.45) is 0 Å². The molecule has 0 atom stereocenters. The summed E-state index contributed by atoms with van der Waals surface area (Å²) in [5.41, 5.74) is 0. The number of carbonyl (C=O) groups is 2. The maximum atomic E-state index is 11.8. The van der Waals surface area contributed by atoms with Gasteiger partial charge in [0.1, 0.15) is 18.3 Å². The Morgan fingerprint density at radius 2 is 2.00 bits per heavy atom. The van der Waals surface area contributed by atoms with E-state index in [9.17, 15) is 9.59 Å². The second-order valence-corrected chi connectivity index (χ2v) is 5.46. The maximum absolute atomic E-state index is 11.8. The number of hydrogen-bond acceptors (Lipinski definition) is 5. The van der Waals surface area contributed by atoms with E-state index in [4.69, 9.17) is 14.2 Å². The van der Waals surface area contributed by atoms with Crippen LogP contribution in [0.3, 0.4) is 0 Å². The number of ether oxygens (including phenoxy) is 3. The predicted molar refractivity (Wildman–Crippen MR) is 66.9 cm³/mol. The van der Waals surface area contributed by atoms with Gasteiger partial charge in [0.25, 0.3) is 0 Å². The van der Waals surface area contributed by atoms with Crippen LogP contribution in [0.2, 0.25) is 0 Å². The third kappa shape index (κ3) is 4.26. The Labute approximate surface area is 112 Å². The van der Waals surface area contributed by atoms with Crippen molar-refractivity contribution in [3.8, 4) is 0 Å². The van der Waals surface area contributed by atoms with Gasteiger partial charge in [-0.25, -0.2) is 4.79 Å². The average molecular weight is 268 g/mol. The van der Waals surface area contributed by atoms with Crippen molar-refractivity contribution in [1.82, 2.24) is 0 Å². The third-order valence-electron chi connectivity index (χ3n) is 3.17. The highest BCUT2D eigenvalue weighted by Crippen LogP contribution is 2.25. The lowest BCUT2D eigenvalue weighted by atomic mass is 9.98. The lowest BCUT2D eigenvalue weighted by Gasteiger charge is -2.30. The van der Waals surface area contributed by atoms with E-state index in [1.165, 1.54) is 12.5 Å². The van der Waals surface area contributed by atoms with Gasteiger partial charge in [-0.3, -0.25) is 4.79 Å². The third-order valence-corrected chi connectivity index (χ3v) is 3.17. The van der Waals surface area contributed by atoms with Gasteiger partial charge in [0.2, 0.25) is 5.79 Å². The van der Waals surface area contributed by atoms with E-state index in [-0.39, 0.29) is 18.5 Å². The molecular weight excluding hydrogens is 248 g/mol. The molecule has 1 aliphatic heterocycles. The second kappa shape index (κ2) is 5.63. The summed E-state index contributed by atoms with van der Waals surface area (Å²) in [5, 5.41) is 0. The van der Waals surface area contributed by atoms with Gasteiger partial charge >= 0.3 is 11.9 Å². The molecule has 0 unspecified atom stereocenters. The fourth-order valence-corrected chi connectivity index (χ4v) is 2.41. The van der Waals surface area contributed by atoms with Gasteiger partial charge < -0.3 is 14.2 Å². The molecule has 0 bridgehead atoms. The molecule has 5 heteroatoms. The van der Waals surface area contributed by atoms with Gasteiger partial charge in [0.15, 0.2) is 0 Å². The Kier molecular flexibility index (Phi) is 4.12. The Hall–Kier alpha value is -1.52. The first-order chi connectivity index (χ1) is 8.94. The van der Waals surface area contributed by atoms with Crippen LogP contribution in [0.5, 0.6) is 0 Å². The van der Waals surface area contributed by atoms with E-state index < -0.39 is 11.8 Å². The molecule has 0 aromatic heterocycles. The van der Waals surface area contributed by atoms with Gasteiger partial charge in [0.05, 0.1) is 6.08 Å². The summed E-state index contributed by atoms with van der Waals surface area (Å²) in [4.78, 5) is 23.1. The largest absolute Gasteiger partial charge is 0.462 e. The topological polar surface area (TPSA) is 61.8 Å². The molecule has 0 aromatic carbocycles. The SMILES string of the molecule is CC1(C)OC(=O)C=C(CC(=O)OC2CCCCC2)O1. The predicted octanol–water partition coefficient (Wildman–Crippen LogP) is 2.45. The highest BCUT2D eigenvalue weighted by molar-refractivity contribution is 5.85. The minimum Gasteiger partial charge on any atom is -0.462 e. The Morgan fingerprint density at radius 3 is 2.63 bits per heavy atom. The van der Waals surface area contributed by atoms with E-state index in [2.05, 4.69) is 0 Å². The van der Waals surface area contributed by atoms with Gasteiger partial charge in [-0.1, -0.05) is 6.42 Å². The fourth-order valence-electron chi connectivity index (χ4n) is 2.41. The molecule has 1 saturated carbocycles. The van der Waals surface area contributed by atoms with Crippen LogP contribution in [-0.4, -0.2) is 23.8 Å². The van der Waals surface area contributed by atoms with Crippen molar-refractivity contribution in [3.63, 3.8) is 0 Å². The van der Waals surface area contributed by atoms with E-state index in [0.717, 1.165) is 25.7 Å². The molecule has 0 saturated heterocycles. The smallest absolute Gasteiger partial charge is 0.337 e. The highest BCUT2D eigenvalue weighted by atomic mass is 16.7. The van der Waals surface area contributed by atoms with Crippen molar-refractivity contribution in [3.05, 3.63) is 11.8 Å². The molecule has 0 radical (unpaired) electrons. The maximum Gasteiger partial charge on any atom is 0.337 e. The van der Waals surface area contributed by atoms with Gasteiger partial charge in [-0.15, -0.1) is 0 Å². The molecule has 0 spiro atoms. The summed E-state index contributed by atoms with van der Waals surface area (Å²) in [7, 11) is 0. The molecule has 0 N–H and O–H groups in total. The van der Waals surface area contributed by atoms with E-state index in [1.54, 1.807) is 13.8 Å². The van der Waals surface area contributed by atoms with Crippen molar-refractivity contribution in [1.29, 1.82) is 0 Å². The minimum absolute atomic E-state index is 0.0188. The molecule has 1 fully saturated rings. The number of rotatable bonds is 3. The van der Waals surface area contributed by atoms with Crippen LogP contribution < -0.4 is 0 Å². The summed E-state index contributed by atoms with van der Waals surface area (Å²) < 4.78 is 15.8. The summed E-state index contributed by atoms with van der Waals surface area (Å²) in [6.07, 6.45) is 6.49. The molecule has 19 heavy (non-hydrogen) atoms. The van der Waals surface area contributed by atoms with Gasteiger partial charge in [0, 0.05) is 13.8 Å². The molecule has 1 aliphatic carbocycles. The second-order valence-electron chi connectivity index (χ2n) is 5.46. The first-order valence-electron chi connectivity index (χ1n) is 6.77. The number of cyclic esters (lactones) is 1. The average Bonchev–Trinajstić information content (AvgIpc) is 2.26. The lowest BCUT2D eigenvalue weighted by Crippen LogP contribution is -2.35. The molecule has 2 rings (SSSR count). The van der Waals surface area contributed by atoms with Crippen LogP contribution in [0, 0.1) is 0 Å². The normalized spacial score (nSPS) is 23.1. The zero-order valence-electron chi connectivity index (χ0n) is 11.4. The quantitative estimate of drug-likeness (QED) is 0.736. The molecule has 1 heterocycles. The van der Waals surface area contributed by atoms with Crippen LogP contribution in [0.15, 0.2) is 11.8 Å². The summed E-state index contributed by atoms with van der Waals surface area (Å²) in [6.45, 7) is 3.26. The number of esters is 2. The van der Waals surface area contributed by atoms with Crippen LogP contribution >= 0.6 is 0 Å². The number of hydrogen-bond donors (Lipinski definition) is 0. The van der Waals surface area contributed by atoms with Gasteiger partial charge in [-0.05, 0) is 25.7 Å². The summed E-state index contributed by atoms with van der Waals surface area (Å²) >= 11 is 0. The van der Waals surface area contributed by atoms with Crippen LogP contribution in [0.25, 0.3) is 0 Å². The first-order valence-corrected chi connectivity index (χ1v) is 6.77. The van der Waals surface area contributed by atoms with Crippen molar-refractivity contribution in [2.45, 2.75) is 64.3 Å². The first kappa shape index (κ1) is 13.9. The van der Waals surface area contributed by atoms with Crippen molar-refractivity contribution < 1.29 is 23.8 Å². The van der Waals surface area contributed by atoms with E-state index in [1.807, 2.05) is 0 Å². The zero-order chi connectivity index (χ0) is 13.9. The molecule has 0 amide bonds. The van der Waals surface area contributed by atoms with E-state index in [0.29, 0.717) is 5.76 Å². The molecule has 2 aliphatic rings. The molecule has 5 nitrogen and oxygen atoms in total. The van der Waals surface area contributed by atoms with Gasteiger partial charge in [-0.2, -0.15) is 0 Å². The monoisotopic (exact) mass is 268 g/mol. The molecule has 0 aromatic rings. The van der Waals surface area contributed by atoms with Crippen LogP contribution in [-0.2, 0) is 23.8 Å².